The summed E-state index contributed by atoms with van der Waals surface area (Å²) in [5, 5.41) is 13.3. The van der Waals surface area contributed by atoms with Gasteiger partial charge in [-0.3, -0.25) is 0 Å². The van der Waals surface area contributed by atoms with E-state index in [2.05, 4.69) is 19.2 Å². The highest BCUT2D eigenvalue weighted by Gasteiger charge is 2.28. The summed E-state index contributed by atoms with van der Waals surface area (Å²) in [7, 11) is 1.70. The van der Waals surface area contributed by atoms with E-state index in [1.807, 2.05) is 0 Å². The molecule has 0 bridgehead atoms. The van der Waals surface area contributed by atoms with Gasteiger partial charge in [0, 0.05) is 20.2 Å². The zero-order chi connectivity index (χ0) is 12.0. The van der Waals surface area contributed by atoms with E-state index in [4.69, 9.17) is 4.74 Å². The Bertz CT molecular complexity index is 187. The van der Waals surface area contributed by atoms with Gasteiger partial charge in [0.2, 0.25) is 0 Å². The first-order valence-electron chi connectivity index (χ1n) is 6.52. The number of methoxy groups -OCH3 is 1. The molecule has 2 N–H and O–H groups in total. The van der Waals surface area contributed by atoms with Gasteiger partial charge in [0.05, 0.1) is 12.7 Å². The molecule has 0 aliphatic heterocycles. The largest absolute Gasteiger partial charge is 0.392 e. The highest BCUT2D eigenvalue weighted by molar-refractivity contribution is 4.80. The molecule has 0 amide bonds. The van der Waals surface area contributed by atoms with Crippen LogP contribution in [0, 0.1) is 17.8 Å². The molecule has 4 atom stereocenters. The van der Waals surface area contributed by atoms with Crippen LogP contribution in [0.3, 0.4) is 0 Å². The summed E-state index contributed by atoms with van der Waals surface area (Å²) in [5.74, 6) is 2.07. The normalized spacial score (nSPS) is 32.6. The summed E-state index contributed by atoms with van der Waals surface area (Å²) in [6.45, 7) is 6.87. The molecular formula is C13H27NO2. The lowest BCUT2D eigenvalue weighted by Crippen LogP contribution is -2.37. The molecule has 16 heavy (non-hydrogen) atoms. The number of aliphatic hydroxyl groups excluding tert-OH is 1. The highest BCUT2D eigenvalue weighted by Crippen LogP contribution is 2.34. The molecule has 1 aliphatic carbocycles. The fourth-order valence-corrected chi connectivity index (χ4v) is 2.53. The highest BCUT2D eigenvalue weighted by atomic mass is 16.5. The molecule has 3 heteroatoms. The summed E-state index contributed by atoms with van der Waals surface area (Å²) in [6, 6.07) is 0. The number of aliphatic hydroxyl groups is 1. The molecule has 4 unspecified atom stereocenters. The summed E-state index contributed by atoms with van der Waals surface area (Å²) >= 11 is 0. The van der Waals surface area contributed by atoms with Gasteiger partial charge in [-0.25, -0.2) is 0 Å². The van der Waals surface area contributed by atoms with E-state index in [9.17, 15) is 5.11 Å². The van der Waals surface area contributed by atoms with Crippen LogP contribution in [0.1, 0.15) is 33.1 Å². The monoisotopic (exact) mass is 229 g/mol. The minimum Gasteiger partial charge on any atom is -0.392 e. The molecule has 1 saturated carbocycles. The zero-order valence-corrected chi connectivity index (χ0v) is 10.9. The van der Waals surface area contributed by atoms with Crippen molar-refractivity contribution in [2.45, 2.75) is 39.2 Å². The lowest BCUT2D eigenvalue weighted by molar-refractivity contribution is 0.0554. The van der Waals surface area contributed by atoms with Crippen molar-refractivity contribution in [2.75, 3.05) is 26.8 Å². The van der Waals surface area contributed by atoms with E-state index in [0.717, 1.165) is 18.4 Å². The molecule has 1 rings (SSSR count). The van der Waals surface area contributed by atoms with Gasteiger partial charge in [0.25, 0.3) is 0 Å². The average Bonchev–Trinajstić information content (AvgIpc) is 2.28. The van der Waals surface area contributed by atoms with Crippen molar-refractivity contribution in [3.05, 3.63) is 0 Å². The Kier molecular flexibility index (Phi) is 6.32. The van der Waals surface area contributed by atoms with Gasteiger partial charge in [-0.1, -0.05) is 20.3 Å². The van der Waals surface area contributed by atoms with Crippen molar-refractivity contribution in [3.8, 4) is 0 Å². The molecular weight excluding hydrogens is 202 g/mol. The quantitative estimate of drug-likeness (QED) is 0.681. The van der Waals surface area contributed by atoms with Gasteiger partial charge < -0.3 is 15.2 Å². The molecule has 0 heterocycles. The molecule has 0 aromatic rings. The topological polar surface area (TPSA) is 41.5 Å². The van der Waals surface area contributed by atoms with Crippen molar-refractivity contribution in [1.29, 1.82) is 0 Å². The number of nitrogens with one attached hydrogen (secondary N) is 1. The lowest BCUT2D eigenvalue weighted by Gasteiger charge is -2.34. The third-order valence-corrected chi connectivity index (χ3v) is 4.02. The van der Waals surface area contributed by atoms with E-state index in [1.165, 1.54) is 19.3 Å². The van der Waals surface area contributed by atoms with Crippen LogP contribution in [-0.4, -0.2) is 38.0 Å². The average molecular weight is 229 g/mol. The molecule has 0 spiro atoms. The van der Waals surface area contributed by atoms with E-state index in [-0.39, 0.29) is 6.10 Å². The van der Waals surface area contributed by atoms with Crippen LogP contribution < -0.4 is 5.32 Å². The van der Waals surface area contributed by atoms with E-state index >= 15 is 0 Å². The van der Waals surface area contributed by atoms with Gasteiger partial charge >= 0.3 is 0 Å². The van der Waals surface area contributed by atoms with Gasteiger partial charge in [0.15, 0.2) is 0 Å². The Balaban J connectivity index is 2.18. The van der Waals surface area contributed by atoms with Crippen LogP contribution in [0.5, 0.6) is 0 Å². The fourth-order valence-electron chi connectivity index (χ4n) is 2.53. The predicted octanol–water partition coefficient (Wildman–Crippen LogP) is 1.66. The number of hydrogen-bond acceptors (Lipinski definition) is 3. The summed E-state index contributed by atoms with van der Waals surface area (Å²) in [6.07, 6.45) is 3.43. The number of rotatable bonds is 6. The minimum absolute atomic E-state index is 0.188. The van der Waals surface area contributed by atoms with Crippen LogP contribution in [0.2, 0.25) is 0 Å². The smallest absolute Gasteiger partial charge is 0.0692 e. The van der Waals surface area contributed by atoms with Crippen LogP contribution in [0.25, 0.3) is 0 Å². The minimum atomic E-state index is -0.188. The maximum atomic E-state index is 10.1. The maximum Gasteiger partial charge on any atom is 0.0692 e. The molecule has 0 saturated heterocycles. The fraction of sp³-hybridized carbons (Fsp3) is 1.00. The second-order valence-corrected chi connectivity index (χ2v) is 5.29. The Morgan fingerprint density at radius 2 is 2.06 bits per heavy atom. The molecule has 96 valence electrons. The number of hydrogen-bond donors (Lipinski definition) is 2. The van der Waals surface area contributed by atoms with Crippen molar-refractivity contribution < 1.29 is 9.84 Å². The van der Waals surface area contributed by atoms with Crippen molar-refractivity contribution in [2.24, 2.45) is 17.8 Å². The zero-order valence-electron chi connectivity index (χ0n) is 10.9. The molecule has 3 nitrogen and oxygen atoms in total. The standard InChI is InChI=1S/C13H27NO2/c1-10-4-5-12(8-11(10)2)13(15)9-14-6-7-16-3/h10-15H,4-9H2,1-3H3. The van der Waals surface area contributed by atoms with E-state index in [1.54, 1.807) is 7.11 Å². The van der Waals surface area contributed by atoms with Crippen molar-refractivity contribution in [3.63, 3.8) is 0 Å². The molecule has 0 aromatic carbocycles. The molecule has 0 radical (unpaired) electrons. The summed E-state index contributed by atoms with van der Waals surface area (Å²) < 4.78 is 4.96. The molecule has 1 aliphatic rings. The third kappa shape index (κ3) is 4.40. The van der Waals surface area contributed by atoms with Gasteiger partial charge in [-0.2, -0.15) is 0 Å². The van der Waals surface area contributed by atoms with Crippen LogP contribution >= 0.6 is 0 Å². The Labute approximate surface area is 99.6 Å². The predicted molar refractivity (Wildman–Crippen MR) is 66.4 cm³/mol. The maximum absolute atomic E-state index is 10.1. The van der Waals surface area contributed by atoms with Crippen LogP contribution in [0.4, 0.5) is 0 Å². The summed E-state index contributed by atoms with van der Waals surface area (Å²) in [5.41, 5.74) is 0. The Hall–Kier alpha value is -0.120. The SMILES string of the molecule is COCCNCC(O)C1CCC(C)C(C)C1. The van der Waals surface area contributed by atoms with Crippen LogP contribution in [-0.2, 0) is 4.74 Å². The first-order chi connectivity index (χ1) is 7.65. The Morgan fingerprint density at radius 1 is 1.31 bits per heavy atom. The lowest BCUT2D eigenvalue weighted by atomic mass is 9.74. The van der Waals surface area contributed by atoms with E-state index < -0.39 is 0 Å². The van der Waals surface area contributed by atoms with Crippen molar-refractivity contribution >= 4 is 0 Å². The van der Waals surface area contributed by atoms with Gasteiger partial charge in [-0.15, -0.1) is 0 Å². The second kappa shape index (κ2) is 7.25. The number of ether oxygens (including phenoxy) is 1. The first kappa shape index (κ1) is 13.9. The Morgan fingerprint density at radius 3 is 2.69 bits per heavy atom. The van der Waals surface area contributed by atoms with Gasteiger partial charge in [-0.05, 0) is 30.6 Å². The summed E-state index contributed by atoms with van der Waals surface area (Å²) in [4.78, 5) is 0. The second-order valence-electron chi connectivity index (χ2n) is 5.29. The van der Waals surface area contributed by atoms with Crippen LogP contribution in [0.15, 0.2) is 0 Å². The molecule has 0 aromatic heterocycles. The van der Waals surface area contributed by atoms with Gasteiger partial charge in [0.1, 0.15) is 0 Å². The third-order valence-electron chi connectivity index (χ3n) is 4.02. The van der Waals surface area contributed by atoms with E-state index in [0.29, 0.717) is 19.1 Å². The van der Waals surface area contributed by atoms with Crippen molar-refractivity contribution in [1.82, 2.24) is 5.32 Å². The molecule has 1 fully saturated rings. The first-order valence-corrected chi connectivity index (χ1v) is 6.52.